The van der Waals surface area contributed by atoms with Crippen LogP contribution in [0.5, 0.6) is 0 Å². The number of carbonyl (C=O) groups is 1. The van der Waals surface area contributed by atoms with Crippen LogP contribution in [-0.4, -0.2) is 52.2 Å². The zero-order valence-corrected chi connectivity index (χ0v) is 14.7. The van der Waals surface area contributed by atoms with E-state index in [0.717, 1.165) is 56.4 Å². The SMILES string of the molecule is Cc1nc(C2CCN(C[C@H]3CC(=O)N(c4ccccc4)C3)CC2)n[nH]1. The minimum Gasteiger partial charge on any atom is -0.312 e. The van der Waals surface area contributed by atoms with Crippen LogP contribution in [0.2, 0.25) is 0 Å². The molecule has 0 radical (unpaired) electrons. The van der Waals surface area contributed by atoms with Gasteiger partial charge in [0.05, 0.1) is 0 Å². The molecule has 2 fully saturated rings. The number of aryl methyl sites for hydroxylation is 1. The third-order valence-electron chi connectivity index (χ3n) is 5.36. The summed E-state index contributed by atoms with van der Waals surface area (Å²) in [6.07, 6.45) is 2.86. The summed E-state index contributed by atoms with van der Waals surface area (Å²) in [5.74, 6) is 3.00. The molecule has 0 aliphatic carbocycles. The molecular formula is C19H25N5O. The molecule has 1 N–H and O–H groups in total. The first-order valence-corrected chi connectivity index (χ1v) is 9.15. The van der Waals surface area contributed by atoms with Gasteiger partial charge in [-0.2, -0.15) is 5.10 Å². The number of likely N-dealkylation sites (tertiary alicyclic amines) is 1. The first kappa shape index (κ1) is 16.3. The fraction of sp³-hybridized carbons (Fsp3) is 0.526. The van der Waals surface area contributed by atoms with Crippen molar-refractivity contribution in [2.24, 2.45) is 5.92 Å². The van der Waals surface area contributed by atoms with E-state index in [1.54, 1.807) is 0 Å². The van der Waals surface area contributed by atoms with Gasteiger partial charge in [-0.05, 0) is 50.9 Å². The molecule has 1 aromatic carbocycles. The molecule has 6 nitrogen and oxygen atoms in total. The standard InChI is InChI=1S/C19H25N5O/c1-14-20-19(22-21-14)16-7-9-23(10-8-16)12-15-11-18(25)24(13-15)17-5-3-2-4-6-17/h2-6,15-16H,7-13H2,1H3,(H,20,21,22)/t15-/m1/s1. The third-order valence-corrected chi connectivity index (χ3v) is 5.36. The lowest BCUT2D eigenvalue weighted by Gasteiger charge is -2.32. The van der Waals surface area contributed by atoms with Crippen LogP contribution in [0, 0.1) is 12.8 Å². The van der Waals surface area contributed by atoms with Gasteiger partial charge in [0, 0.05) is 31.1 Å². The maximum Gasteiger partial charge on any atom is 0.227 e. The number of nitrogens with one attached hydrogen (secondary N) is 1. The minimum absolute atomic E-state index is 0.252. The molecule has 0 unspecified atom stereocenters. The Balaban J connectivity index is 1.30. The highest BCUT2D eigenvalue weighted by atomic mass is 16.2. The van der Waals surface area contributed by atoms with Crippen molar-refractivity contribution in [2.45, 2.75) is 32.1 Å². The van der Waals surface area contributed by atoms with E-state index >= 15 is 0 Å². The van der Waals surface area contributed by atoms with Crippen LogP contribution < -0.4 is 4.90 Å². The average molecular weight is 339 g/mol. The third kappa shape index (κ3) is 3.58. The molecule has 132 valence electrons. The zero-order valence-electron chi connectivity index (χ0n) is 14.7. The van der Waals surface area contributed by atoms with Crippen molar-refractivity contribution in [3.05, 3.63) is 42.0 Å². The number of anilines is 1. The molecule has 25 heavy (non-hydrogen) atoms. The molecule has 1 aromatic heterocycles. The number of nitrogens with zero attached hydrogens (tertiary/aromatic N) is 4. The number of carbonyl (C=O) groups excluding carboxylic acids is 1. The number of hydrogen-bond acceptors (Lipinski definition) is 4. The zero-order chi connectivity index (χ0) is 17.2. The number of aromatic amines is 1. The van der Waals surface area contributed by atoms with Crippen LogP contribution in [0.15, 0.2) is 30.3 Å². The fourth-order valence-electron chi connectivity index (χ4n) is 4.04. The quantitative estimate of drug-likeness (QED) is 0.929. The number of H-pyrrole nitrogens is 1. The Morgan fingerprint density at radius 1 is 1.20 bits per heavy atom. The lowest BCUT2D eigenvalue weighted by atomic mass is 9.95. The van der Waals surface area contributed by atoms with Crippen LogP contribution in [0.3, 0.4) is 0 Å². The van der Waals surface area contributed by atoms with Gasteiger partial charge in [-0.1, -0.05) is 18.2 Å². The molecule has 2 aliphatic rings. The van der Waals surface area contributed by atoms with Crippen molar-refractivity contribution >= 4 is 11.6 Å². The monoisotopic (exact) mass is 339 g/mol. The van der Waals surface area contributed by atoms with Crippen molar-refractivity contribution in [3.8, 4) is 0 Å². The summed E-state index contributed by atoms with van der Waals surface area (Å²) in [5, 5.41) is 7.26. The van der Waals surface area contributed by atoms with E-state index in [9.17, 15) is 4.79 Å². The second-order valence-corrected chi connectivity index (χ2v) is 7.26. The van der Waals surface area contributed by atoms with Crippen molar-refractivity contribution in [1.29, 1.82) is 0 Å². The molecule has 3 heterocycles. The smallest absolute Gasteiger partial charge is 0.227 e. The van der Waals surface area contributed by atoms with E-state index in [0.29, 0.717) is 18.3 Å². The number of benzene rings is 1. The summed E-state index contributed by atoms with van der Waals surface area (Å²) < 4.78 is 0. The fourth-order valence-corrected chi connectivity index (χ4v) is 4.04. The van der Waals surface area contributed by atoms with Crippen LogP contribution in [0.1, 0.15) is 36.8 Å². The number of hydrogen-bond donors (Lipinski definition) is 1. The molecular weight excluding hydrogens is 314 g/mol. The average Bonchev–Trinajstić information content (AvgIpc) is 3.22. The molecule has 0 bridgehead atoms. The van der Waals surface area contributed by atoms with E-state index in [2.05, 4.69) is 20.1 Å². The van der Waals surface area contributed by atoms with Crippen LogP contribution >= 0.6 is 0 Å². The second-order valence-electron chi connectivity index (χ2n) is 7.26. The Kier molecular flexibility index (Phi) is 4.53. The van der Waals surface area contributed by atoms with Crippen LogP contribution in [-0.2, 0) is 4.79 Å². The number of para-hydroxylation sites is 1. The van der Waals surface area contributed by atoms with Crippen molar-refractivity contribution < 1.29 is 4.79 Å². The number of rotatable bonds is 4. The van der Waals surface area contributed by atoms with E-state index in [4.69, 9.17) is 0 Å². The molecule has 2 aromatic rings. The maximum absolute atomic E-state index is 12.4. The number of amides is 1. The Hall–Kier alpha value is -2.21. The van der Waals surface area contributed by atoms with E-state index < -0.39 is 0 Å². The van der Waals surface area contributed by atoms with E-state index in [1.165, 1.54) is 0 Å². The highest BCUT2D eigenvalue weighted by Crippen LogP contribution is 2.29. The van der Waals surface area contributed by atoms with Crippen molar-refractivity contribution in [1.82, 2.24) is 20.1 Å². The highest BCUT2D eigenvalue weighted by Gasteiger charge is 2.33. The first-order valence-electron chi connectivity index (χ1n) is 9.15. The van der Waals surface area contributed by atoms with Crippen molar-refractivity contribution in [2.75, 3.05) is 31.1 Å². The molecule has 2 aliphatic heterocycles. The summed E-state index contributed by atoms with van der Waals surface area (Å²) in [5.41, 5.74) is 1.02. The summed E-state index contributed by atoms with van der Waals surface area (Å²) >= 11 is 0. The molecule has 6 heteroatoms. The van der Waals surface area contributed by atoms with E-state index in [-0.39, 0.29) is 5.91 Å². The molecule has 1 atom stereocenters. The largest absolute Gasteiger partial charge is 0.312 e. The lowest BCUT2D eigenvalue weighted by molar-refractivity contribution is -0.117. The van der Waals surface area contributed by atoms with Gasteiger partial charge < -0.3 is 9.80 Å². The minimum atomic E-state index is 0.252. The van der Waals surface area contributed by atoms with Gasteiger partial charge in [-0.25, -0.2) is 4.98 Å². The Labute approximate surface area is 148 Å². The predicted octanol–water partition coefficient (Wildman–Crippen LogP) is 2.35. The summed E-state index contributed by atoms with van der Waals surface area (Å²) in [6.45, 7) is 5.92. The van der Waals surface area contributed by atoms with Crippen molar-refractivity contribution in [3.63, 3.8) is 0 Å². The molecule has 4 rings (SSSR count). The van der Waals surface area contributed by atoms with Gasteiger partial charge in [0.25, 0.3) is 0 Å². The van der Waals surface area contributed by atoms with Gasteiger partial charge in [-0.15, -0.1) is 0 Å². The topological polar surface area (TPSA) is 65.1 Å². The van der Waals surface area contributed by atoms with Gasteiger partial charge in [-0.3, -0.25) is 9.89 Å². The number of piperidine rings is 1. The van der Waals surface area contributed by atoms with Crippen LogP contribution in [0.25, 0.3) is 0 Å². The molecule has 0 spiro atoms. The van der Waals surface area contributed by atoms with Gasteiger partial charge in [0.15, 0.2) is 5.82 Å². The predicted molar refractivity (Wildman–Crippen MR) is 96.4 cm³/mol. The first-order chi connectivity index (χ1) is 12.2. The number of aromatic nitrogens is 3. The molecule has 0 saturated carbocycles. The maximum atomic E-state index is 12.4. The molecule has 1 amide bonds. The summed E-state index contributed by atoms with van der Waals surface area (Å²) in [4.78, 5) is 21.3. The summed E-state index contributed by atoms with van der Waals surface area (Å²) in [6, 6.07) is 10.0. The van der Waals surface area contributed by atoms with Gasteiger partial charge >= 0.3 is 0 Å². The van der Waals surface area contributed by atoms with Gasteiger partial charge in [0.1, 0.15) is 5.82 Å². The Morgan fingerprint density at radius 3 is 2.64 bits per heavy atom. The van der Waals surface area contributed by atoms with Crippen LogP contribution in [0.4, 0.5) is 5.69 Å². The Bertz CT molecular complexity index is 720. The second kappa shape index (κ2) is 6.96. The van der Waals surface area contributed by atoms with Gasteiger partial charge in [0.2, 0.25) is 5.91 Å². The molecule has 2 saturated heterocycles. The Morgan fingerprint density at radius 2 is 1.96 bits per heavy atom. The van der Waals surface area contributed by atoms with E-state index in [1.807, 2.05) is 42.2 Å². The normalized spacial score (nSPS) is 22.7. The highest BCUT2D eigenvalue weighted by molar-refractivity contribution is 5.95. The summed E-state index contributed by atoms with van der Waals surface area (Å²) in [7, 11) is 0. The lowest BCUT2D eigenvalue weighted by Crippen LogP contribution is -2.37.